The Balaban J connectivity index is 1.59. The van der Waals surface area contributed by atoms with Gasteiger partial charge < -0.3 is 15.6 Å². The molecule has 0 heterocycles. The van der Waals surface area contributed by atoms with Crippen molar-refractivity contribution in [3.8, 4) is 11.1 Å². The Labute approximate surface area is 156 Å². The second kappa shape index (κ2) is 6.85. The van der Waals surface area contributed by atoms with Crippen LogP contribution in [-0.2, 0) is 14.3 Å². The van der Waals surface area contributed by atoms with Gasteiger partial charge in [-0.1, -0.05) is 54.6 Å². The summed E-state index contributed by atoms with van der Waals surface area (Å²) < 4.78 is 5.54. The summed E-state index contributed by atoms with van der Waals surface area (Å²) in [4.78, 5) is 24.0. The van der Waals surface area contributed by atoms with E-state index in [-0.39, 0.29) is 30.1 Å². The minimum Gasteiger partial charge on any atom is -0.478 e. The van der Waals surface area contributed by atoms with E-state index < -0.39 is 18.0 Å². The van der Waals surface area contributed by atoms with Gasteiger partial charge in [-0.3, -0.25) is 0 Å². The Hall–Kier alpha value is -3.18. The highest BCUT2D eigenvalue weighted by molar-refractivity contribution is 6.02. The highest BCUT2D eigenvalue weighted by atomic mass is 16.5. The summed E-state index contributed by atoms with van der Waals surface area (Å²) in [6, 6.07) is 15.7. The topological polar surface area (TPSA) is 89.6 Å². The van der Waals surface area contributed by atoms with Crippen molar-refractivity contribution in [2.45, 2.75) is 18.4 Å². The molecule has 0 bridgehead atoms. The number of aliphatic carboxylic acids is 1. The summed E-state index contributed by atoms with van der Waals surface area (Å²) >= 11 is 0. The van der Waals surface area contributed by atoms with Crippen LogP contribution in [0.1, 0.15) is 23.5 Å². The molecule has 5 nitrogen and oxygen atoms in total. The van der Waals surface area contributed by atoms with E-state index in [0.29, 0.717) is 0 Å². The first kappa shape index (κ1) is 17.2. The zero-order valence-corrected chi connectivity index (χ0v) is 14.6. The molecule has 0 saturated carbocycles. The summed E-state index contributed by atoms with van der Waals surface area (Å²) in [5.74, 6) is -1.83. The highest BCUT2D eigenvalue weighted by Gasteiger charge is 2.30. The quantitative estimate of drug-likeness (QED) is 0.817. The monoisotopic (exact) mass is 361 g/mol. The lowest BCUT2D eigenvalue weighted by atomic mass is 9.94. The largest absolute Gasteiger partial charge is 0.478 e. The SMILES string of the molecule is NC1C=CC(C(=O)OCC2c3ccccc3-c3ccccc32)=C(C(=O)O)C1. The Morgan fingerprint density at radius 1 is 1.04 bits per heavy atom. The zero-order chi connectivity index (χ0) is 19.0. The average Bonchev–Trinajstić information content (AvgIpc) is 3.00. The van der Waals surface area contributed by atoms with Gasteiger partial charge in [0.1, 0.15) is 6.61 Å². The maximum atomic E-state index is 12.6. The van der Waals surface area contributed by atoms with Crippen LogP contribution >= 0.6 is 0 Å². The number of carbonyl (C=O) groups is 2. The summed E-state index contributed by atoms with van der Waals surface area (Å²) in [7, 11) is 0. The fraction of sp³-hybridized carbons (Fsp3) is 0.182. The molecule has 1 atom stereocenters. The van der Waals surface area contributed by atoms with E-state index in [2.05, 4.69) is 12.1 Å². The lowest BCUT2D eigenvalue weighted by Crippen LogP contribution is -2.26. The van der Waals surface area contributed by atoms with E-state index in [9.17, 15) is 14.7 Å². The lowest BCUT2D eigenvalue weighted by Gasteiger charge is -2.18. The maximum absolute atomic E-state index is 12.6. The molecule has 0 fully saturated rings. The van der Waals surface area contributed by atoms with Gasteiger partial charge in [0, 0.05) is 12.0 Å². The van der Waals surface area contributed by atoms with Crippen molar-refractivity contribution in [1.82, 2.24) is 0 Å². The molecule has 27 heavy (non-hydrogen) atoms. The van der Waals surface area contributed by atoms with Crippen LogP contribution in [0.3, 0.4) is 0 Å². The van der Waals surface area contributed by atoms with Gasteiger partial charge in [0.2, 0.25) is 0 Å². The fourth-order valence-electron chi connectivity index (χ4n) is 3.80. The van der Waals surface area contributed by atoms with Gasteiger partial charge in [-0.25, -0.2) is 9.59 Å². The number of benzene rings is 2. The third-order valence-corrected chi connectivity index (χ3v) is 5.10. The van der Waals surface area contributed by atoms with Crippen molar-refractivity contribution in [3.05, 3.63) is 83.0 Å². The van der Waals surface area contributed by atoms with E-state index in [0.717, 1.165) is 22.3 Å². The number of carbonyl (C=O) groups excluding carboxylic acids is 1. The number of esters is 1. The number of carboxylic acids is 1. The second-order valence-corrected chi connectivity index (χ2v) is 6.75. The van der Waals surface area contributed by atoms with E-state index in [1.807, 2.05) is 36.4 Å². The van der Waals surface area contributed by atoms with Crippen LogP contribution in [0.5, 0.6) is 0 Å². The van der Waals surface area contributed by atoms with Crippen molar-refractivity contribution in [1.29, 1.82) is 0 Å². The molecule has 2 aliphatic carbocycles. The van der Waals surface area contributed by atoms with Gasteiger partial charge in [-0.2, -0.15) is 0 Å². The molecule has 0 amide bonds. The van der Waals surface area contributed by atoms with Crippen LogP contribution in [-0.4, -0.2) is 29.7 Å². The number of hydrogen-bond acceptors (Lipinski definition) is 4. The van der Waals surface area contributed by atoms with Gasteiger partial charge in [0.05, 0.1) is 11.1 Å². The third kappa shape index (κ3) is 3.06. The molecule has 0 aromatic heterocycles. The van der Waals surface area contributed by atoms with Crippen LogP contribution in [0.4, 0.5) is 0 Å². The van der Waals surface area contributed by atoms with Gasteiger partial charge in [0.25, 0.3) is 0 Å². The smallest absolute Gasteiger partial charge is 0.338 e. The molecule has 5 heteroatoms. The first-order valence-electron chi connectivity index (χ1n) is 8.82. The molecule has 2 aliphatic rings. The first-order valence-corrected chi connectivity index (χ1v) is 8.82. The lowest BCUT2D eigenvalue weighted by molar-refractivity contribution is -0.140. The Morgan fingerprint density at radius 3 is 2.22 bits per heavy atom. The maximum Gasteiger partial charge on any atom is 0.338 e. The zero-order valence-electron chi connectivity index (χ0n) is 14.6. The molecule has 136 valence electrons. The molecule has 2 aromatic rings. The predicted molar refractivity (Wildman–Crippen MR) is 101 cm³/mol. The number of fused-ring (bicyclic) bond motifs is 3. The standard InChI is InChI=1S/C22H19NO4/c23-13-9-10-18(19(11-13)21(24)25)22(26)27-12-20-16-7-3-1-5-14(16)15-6-2-4-8-17(15)20/h1-10,13,20H,11-12,23H2,(H,24,25). The van der Waals surface area contributed by atoms with Gasteiger partial charge >= 0.3 is 11.9 Å². The molecule has 4 rings (SSSR count). The summed E-state index contributed by atoms with van der Waals surface area (Å²) in [5, 5.41) is 9.36. The minimum absolute atomic E-state index is 0.00206. The molecule has 0 saturated heterocycles. The van der Waals surface area contributed by atoms with Crippen molar-refractivity contribution in [2.24, 2.45) is 5.73 Å². The molecule has 0 spiro atoms. The van der Waals surface area contributed by atoms with Crippen molar-refractivity contribution in [2.75, 3.05) is 6.61 Å². The average molecular weight is 361 g/mol. The molecule has 0 aliphatic heterocycles. The first-order chi connectivity index (χ1) is 13.1. The van der Waals surface area contributed by atoms with Crippen LogP contribution in [0.25, 0.3) is 11.1 Å². The predicted octanol–water partition coefficient (Wildman–Crippen LogP) is 3.01. The van der Waals surface area contributed by atoms with E-state index in [1.165, 1.54) is 6.08 Å². The van der Waals surface area contributed by atoms with Crippen molar-refractivity contribution in [3.63, 3.8) is 0 Å². The molecule has 2 aromatic carbocycles. The normalized spacial score (nSPS) is 18.2. The number of rotatable bonds is 4. The Bertz CT molecular complexity index is 944. The second-order valence-electron chi connectivity index (χ2n) is 6.75. The number of ether oxygens (including phenoxy) is 1. The van der Waals surface area contributed by atoms with E-state index in [1.54, 1.807) is 6.08 Å². The summed E-state index contributed by atoms with van der Waals surface area (Å²) in [5.41, 5.74) is 10.3. The molecule has 0 radical (unpaired) electrons. The van der Waals surface area contributed by atoms with Crippen LogP contribution in [0.15, 0.2) is 71.8 Å². The molecular formula is C22H19NO4. The number of nitrogens with two attached hydrogens (primary N) is 1. The molecular weight excluding hydrogens is 342 g/mol. The summed E-state index contributed by atoms with van der Waals surface area (Å²) in [6.45, 7) is 0.156. The third-order valence-electron chi connectivity index (χ3n) is 5.10. The fourth-order valence-corrected chi connectivity index (χ4v) is 3.80. The van der Waals surface area contributed by atoms with Crippen molar-refractivity contribution >= 4 is 11.9 Å². The number of carboxylic acid groups (broad SMARTS) is 1. The van der Waals surface area contributed by atoms with Crippen molar-refractivity contribution < 1.29 is 19.4 Å². The van der Waals surface area contributed by atoms with Crippen LogP contribution < -0.4 is 5.73 Å². The highest BCUT2D eigenvalue weighted by Crippen LogP contribution is 2.44. The van der Waals surface area contributed by atoms with Crippen LogP contribution in [0.2, 0.25) is 0 Å². The van der Waals surface area contributed by atoms with Gasteiger partial charge in [-0.15, -0.1) is 0 Å². The van der Waals surface area contributed by atoms with E-state index >= 15 is 0 Å². The minimum atomic E-state index is -1.14. The molecule has 1 unspecified atom stereocenters. The van der Waals surface area contributed by atoms with E-state index in [4.69, 9.17) is 10.5 Å². The van der Waals surface area contributed by atoms with Gasteiger partial charge in [-0.05, 0) is 34.8 Å². The Kier molecular flexibility index (Phi) is 4.38. The van der Waals surface area contributed by atoms with Crippen LogP contribution in [0, 0.1) is 0 Å². The molecule has 3 N–H and O–H groups in total. The van der Waals surface area contributed by atoms with Gasteiger partial charge in [0.15, 0.2) is 0 Å². The number of hydrogen-bond donors (Lipinski definition) is 2. The Morgan fingerprint density at radius 2 is 1.63 bits per heavy atom. The summed E-state index contributed by atoms with van der Waals surface area (Å²) in [6.07, 6.45) is 3.20.